The predicted molar refractivity (Wildman–Crippen MR) is 67.1 cm³/mol. The first-order valence-electron chi connectivity index (χ1n) is 5.70. The SMILES string of the molecule is C=CCOCCC(OC(=O)C=C)OC(=O)CC(C)=O. The van der Waals surface area contributed by atoms with E-state index in [9.17, 15) is 14.4 Å². The largest absolute Gasteiger partial charge is 0.425 e. The molecule has 19 heavy (non-hydrogen) atoms. The van der Waals surface area contributed by atoms with E-state index in [2.05, 4.69) is 13.2 Å². The van der Waals surface area contributed by atoms with Gasteiger partial charge in [-0.3, -0.25) is 9.59 Å². The van der Waals surface area contributed by atoms with Gasteiger partial charge in [0.2, 0.25) is 6.29 Å². The Kier molecular flexibility index (Phi) is 8.99. The quantitative estimate of drug-likeness (QED) is 0.148. The summed E-state index contributed by atoms with van der Waals surface area (Å²) in [6.45, 7) is 8.53. The van der Waals surface area contributed by atoms with Crippen molar-refractivity contribution in [3.05, 3.63) is 25.3 Å². The number of Topliss-reactive ketones (excluding diaryl/α,β-unsaturated/α-hetero) is 1. The smallest absolute Gasteiger partial charge is 0.333 e. The van der Waals surface area contributed by atoms with Gasteiger partial charge in [0.25, 0.3) is 0 Å². The minimum atomic E-state index is -1.10. The molecule has 0 aliphatic heterocycles. The molecule has 0 saturated heterocycles. The number of carbonyl (C=O) groups excluding carboxylic acids is 3. The summed E-state index contributed by atoms with van der Waals surface area (Å²) in [5.41, 5.74) is 0. The van der Waals surface area contributed by atoms with Crippen molar-refractivity contribution in [1.29, 1.82) is 0 Å². The van der Waals surface area contributed by atoms with Crippen molar-refractivity contribution in [2.24, 2.45) is 0 Å². The summed E-state index contributed by atoms with van der Waals surface area (Å²) in [5, 5.41) is 0. The summed E-state index contributed by atoms with van der Waals surface area (Å²) in [4.78, 5) is 33.1. The molecule has 1 unspecified atom stereocenters. The highest BCUT2D eigenvalue weighted by molar-refractivity contribution is 5.94. The molecule has 0 saturated carbocycles. The van der Waals surface area contributed by atoms with Crippen molar-refractivity contribution in [1.82, 2.24) is 0 Å². The number of hydrogen-bond acceptors (Lipinski definition) is 6. The standard InChI is InChI=1S/C13H18O6/c1-4-7-17-8-6-13(18-11(15)5-2)19-12(16)9-10(3)14/h4-5,13H,1-2,6-9H2,3H3. The molecule has 0 rings (SSSR count). The molecular formula is C13H18O6. The van der Waals surface area contributed by atoms with Crippen LogP contribution in [-0.2, 0) is 28.6 Å². The van der Waals surface area contributed by atoms with Crippen LogP contribution in [0.2, 0.25) is 0 Å². The summed E-state index contributed by atoms with van der Waals surface area (Å²) >= 11 is 0. The van der Waals surface area contributed by atoms with Gasteiger partial charge in [-0.05, 0) is 6.92 Å². The molecule has 6 heteroatoms. The van der Waals surface area contributed by atoms with E-state index < -0.39 is 18.2 Å². The monoisotopic (exact) mass is 270 g/mol. The molecule has 0 amide bonds. The summed E-state index contributed by atoms with van der Waals surface area (Å²) < 4.78 is 14.8. The third kappa shape index (κ3) is 9.72. The predicted octanol–water partition coefficient (Wildman–Crippen LogP) is 1.16. The summed E-state index contributed by atoms with van der Waals surface area (Å²) in [5.74, 6) is -1.80. The fraction of sp³-hybridized carbons (Fsp3) is 0.462. The van der Waals surface area contributed by atoms with E-state index in [0.29, 0.717) is 6.61 Å². The first-order valence-corrected chi connectivity index (χ1v) is 5.70. The van der Waals surface area contributed by atoms with E-state index >= 15 is 0 Å². The maximum Gasteiger partial charge on any atom is 0.333 e. The third-order valence-corrected chi connectivity index (χ3v) is 1.80. The highest BCUT2D eigenvalue weighted by atomic mass is 16.7. The van der Waals surface area contributed by atoms with Gasteiger partial charge in [-0.2, -0.15) is 0 Å². The van der Waals surface area contributed by atoms with Crippen LogP contribution in [0.3, 0.4) is 0 Å². The molecule has 0 N–H and O–H groups in total. The molecule has 0 spiro atoms. The van der Waals surface area contributed by atoms with Gasteiger partial charge in [0.05, 0.1) is 13.2 Å². The van der Waals surface area contributed by atoms with Gasteiger partial charge in [0.1, 0.15) is 12.2 Å². The van der Waals surface area contributed by atoms with Crippen LogP contribution in [0.25, 0.3) is 0 Å². The van der Waals surface area contributed by atoms with Crippen molar-refractivity contribution in [2.45, 2.75) is 26.1 Å². The Bertz CT molecular complexity index is 347. The molecular weight excluding hydrogens is 252 g/mol. The molecule has 0 aliphatic carbocycles. The zero-order chi connectivity index (χ0) is 14.7. The Labute approximate surface area is 112 Å². The summed E-state index contributed by atoms with van der Waals surface area (Å²) in [6.07, 6.45) is 1.22. The minimum absolute atomic E-state index is 0.164. The number of esters is 2. The lowest BCUT2D eigenvalue weighted by Gasteiger charge is -2.17. The second kappa shape index (κ2) is 10.0. The molecule has 0 fully saturated rings. The van der Waals surface area contributed by atoms with Crippen molar-refractivity contribution in [2.75, 3.05) is 13.2 Å². The van der Waals surface area contributed by atoms with Crippen LogP contribution in [0.1, 0.15) is 19.8 Å². The van der Waals surface area contributed by atoms with Crippen LogP contribution >= 0.6 is 0 Å². The highest BCUT2D eigenvalue weighted by Gasteiger charge is 2.18. The van der Waals surface area contributed by atoms with Gasteiger partial charge in [0.15, 0.2) is 0 Å². The average molecular weight is 270 g/mol. The molecule has 0 bridgehead atoms. The fourth-order valence-electron chi connectivity index (χ4n) is 1.06. The van der Waals surface area contributed by atoms with Crippen LogP contribution in [-0.4, -0.2) is 37.2 Å². The minimum Gasteiger partial charge on any atom is -0.425 e. The van der Waals surface area contributed by atoms with Gasteiger partial charge >= 0.3 is 11.9 Å². The summed E-state index contributed by atoms with van der Waals surface area (Å²) in [7, 11) is 0. The van der Waals surface area contributed by atoms with Crippen LogP contribution in [0.4, 0.5) is 0 Å². The molecule has 6 nitrogen and oxygen atoms in total. The van der Waals surface area contributed by atoms with E-state index in [-0.39, 0.29) is 25.2 Å². The van der Waals surface area contributed by atoms with Crippen molar-refractivity contribution in [3.63, 3.8) is 0 Å². The average Bonchev–Trinajstić information content (AvgIpc) is 2.33. The Morgan fingerprint density at radius 1 is 1.21 bits per heavy atom. The van der Waals surface area contributed by atoms with Crippen molar-refractivity contribution >= 4 is 17.7 Å². The third-order valence-electron chi connectivity index (χ3n) is 1.80. The second-order valence-corrected chi connectivity index (χ2v) is 3.59. The molecule has 0 heterocycles. The van der Waals surface area contributed by atoms with Crippen LogP contribution in [0.5, 0.6) is 0 Å². The lowest BCUT2D eigenvalue weighted by Crippen LogP contribution is -2.26. The number of ketones is 1. The lowest BCUT2D eigenvalue weighted by molar-refractivity contribution is -0.187. The van der Waals surface area contributed by atoms with Gasteiger partial charge < -0.3 is 14.2 Å². The topological polar surface area (TPSA) is 78.9 Å². The normalized spacial score (nSPS) is 11.2. The van der Waals surface area contributed by atoms with Crippen LogP contribution in [0, 0.1) is 0 Å². The first kappa shape index (κ1) is 17.1. The van der Waals surface area contributed by atoms with Gasteiger partial charge in [-0.15, -0.1) is 6.58 Å². The maximum atomic E-state index is 11.3. The lowest BCUT2D eigenvalue weighted by atomic mass is 10.3. The zero-order valence-corrected chi connectivity index (χ0v) is 10.9. The number of carbonyl (C=O) groups is 3. The van der Waals surface area contributed by atoms with E-state index in [1.165, 1.54) is 6.92 Å². The van der Waals surface area contributed by atoms with E-state index in [0.717, 1.165) is 6.08 Å². The van der Waals surface area contributed by atoms with E-state index in [1.807, 2.05) is 0 Å². The molecule has 0 aromatic rings. The van der Waals surface area contributed by atoms with Crippen LogP contribution in [0.15, 0.2) is 25.3 Å². The Balaban J connectivity index is 4.27. The molecule has 0 aromatic heterocycles. The molecule has 106 valence electrons. The Hall–Kier alpha value is -1.95. The van der Waals surface area contributed by atoms with E-state index in [1.54, 1.807) is 6.08 Å². The molecule has 0 radical (unpaired) electrons. The Morgan fingerprint density at radius 2 is 1.89 bits per heavy atom. The number of hydrogen-bond donors (Lipinski definition) is 0. The first-order chi connectivity index (χ1) is 8.99. The van der Waals surface area contributed by atoms with Gasteiger partial charge in [-0.25, -0.2) is 4.79 Å². The number of ether oxygens (including phenoxy) is 3. The van der Waals surface area contributed by atoms with Gasteiger partial charge in [0, 0.05) is 12.5 Å². The molecule has 0 aromatic carbocycles. The van der Waals surface area contributed by atoms with Crippen molar-refractivity contribution < 1.29 is 28.6 Å². The maximum absolute atomic E-state index is 11.3. The van der Waals surface area contributed by atoms with Crippen molar-refractivity contribution in [3.8, 4) is 0 Å². The van der Waals surface area contributed by atoms with E-state index in [4.69, 9.17) is 14.2 Å². The summed E-state index contributed by atoms with van der Waals surface area (Å²) in [6, 6.07) is 0. The number of rotatable bonds is 10. The second-order valence-electron chi connectivity index (χ2n) is 3.59. The zero-order valence-electron chi connectivity index (χ0n) is 10.9. The fourth-order valence-corrected chi connectivity index (χ4v) is 1.06. The molecule has 0 aliphatic rings. The molecule has 1 atom stereocenters. The Morgan fingerprint density at radius 3 is 2.42 bits per heavy atom. The van der Waals surface area contributed by atoms with Gasteiger partial charge in [-0.1, -0.05) is 12.7 Å². The highest BCUT2D eigenvalue weighted by Crippen LogP contribution is 2.05. The van der Waals surface area contributed by atoms with Crippen LogP contribution < -0.4 is 0 Å².